The van der Waals surface area contributed by atoms with Crippen molar-refractivity contribution in [1.29, 1.82) is 0 Å². The summed E-state index contributed by atoms with van der Waals surface area (Å²) >= 11 is 0. The Labute approximate surface area is 111 Å². The molecule has 0 aliphatic heterocycles. The van der Waals surface area contributed by atoms with Crippen molar-refractivity contribution in [2.24, 2.45) is 30.0 Å². The van der Waals surface area contributed by atoms with Gasteiger partial charge in [0.2, 0.25) is 0 Å². The molecule has 0 saturated heterocycles. The third-order valence-corrected chi connectivity index (χ3v) is 4.63. The molecule has 1 aliphatic rings. The normalized spacial score (nSPS) is 29.5. The van der Waals surface area contributed by atoms with Crippen LogP contribution in [-0.2, 0) is 13.5 Å². The van der Waals surface area contributed by atoms with Crippen LogP contribution < -0.4 is 5.73 Å². The van der Waals surface area contributed by atoms with Crippen molar-refractivity contribution >= 4 is 0 Å². The van der Waals surface area contributed by atoms with E-state index in [0.29, 0.717) is 17.4 Å². The molecular formula is C15H27N3. The minimum Gasteiger partial charge on any atom is -0.338 e. The van der Waals surface area contributed by atoms with Gasteiger partial charge in [-0.15, -0.1) is 0 Å². The fourth-order valence-corrected chi connectivity index (χ4v) is 3.14. The van der Waals surface area contributed by atoms with Crippen molar-refractivity contribution < 1.29 is 0 Å². The third kappa shape index (κ3) is 2.94. The zero-order valence-corrected chi connectivity index (χ0v) is 12.2. The van der Waals surface area contributed by atoms with E-state index in [-0.39, 0.29) is 0 Å². The minimum absolute atomic E-state index is 0.347. The molecule has 0 amide bonds. The zero-order chi connectivity index (χ0) is 13.3. The van der Waals surface area contributed by atoms with Gasteiger partial charge in [-0.1, -0.05) is 20.8 Å². The van der Waals surface area contributed by atoms with Crippen molar-refractivity contribution in [3.8, 4) is 0 Å². The molecule has 0 radical (unpaired) electrons. The summed E-state index contributed by atoms with van der Waals surface area (Å²) in [5, 5.41) is 0. The van der Waals surface area contributed by atoms with Crippen molar-refractivity contribution in [2.45, 2.75) is 52.5 Å². The van der Waals surface area contributed by atoms with Gasteiger partial charge in [-0.05, 0) is 36.5 Å². The van der Waals surface area contributed by atoms with E-state index in [1.165, 1.54) is 18.7 Å². The van der Waals surface area contributed by atoms with Gasteiger partial charge < -0.3 is 10.3 Å². The Kier molecular flexibility index (Phi) is 3.81. The Hall–Kier alpha value is -0.830. The summed E-state index contributed by atoms with van der Waals surface area (Å²) in [7, 11) is 2.07. The van der Waals surface area contributed by atoms with Crippen molar-refractivity contribution in [2.75, 3.05) is 0 Å². The largest absolute Gasteiger partial charge is 0.338 e. The molecule has 3 nitrogen and oxygen atoms in total. The highest BCUT2D eigenvalue weighted by molar-refractivity contribution is 4.97. The lowest BCUT2D eigenvalue weighted by Gasteiger charge is -2.40. The molecule has 1 aliphatic carbocycles. The van der Waals surface area contributed by atoms with Crippen LogP contribution in [0.4, 0.5) is 0 Å². The molecule has 3 heteroatoms. The highest BCUT2D eigenvalue weighted by Crippen LogP contribution is 2.40. The third-order valence-electron chi connectivity index (χ3n) is 4.63. The predicted octanol–water partition coefficient (Wildman–Crippen LogP) is 2.75. The van der Waals surface area contributed by atoms with Crippen LogP contribution in [-0.4, -0.2) is 15.6 Å². The van der Waals surface area contributed by atoms with Crippen molar-refractivity contribution in [3.63, 3.8) is 0 Å². The summed E-state index contributed by atoms with van der Waals surface area (Å²) < 4.78 is 2.12. The van der Waals surface area contributed by atoms with Crippen LogP contribution in [0.1, 0.15) is 45.9 Å². The maximum atomic E-state index is 6.31. The first-order valence-corrected chi connectivity index (χ1v) is 7.09. The van der Waals surface area contributed by atoms with Crippen LogP contribution in [0, 0.1) is 17.3 Å². The lowest BCUT2D eigenvalue weighted by molar-refractivity contribution is 0.125. The Morgan fingerprint density at radius 3 is 2.67 bits per heavy atom. The molecule has 3 unspecified atom stereocenters. The molecule has 2 N–H and O–H groups in total. The van der Waals surface area contributed by atoms with Gasteiger partial charge in [-0.2, -0.15) is 0 Å². The van der Waals surface area contributed by atoms with Crippen LogP contribution in [0.5, 0.6) is 0 Å². The number of hydrogen-bond acceptors (Lipinski definition) is 2. The lowest BCUT2D eigenvalue weighted by atomic mass is 9.67. The summed E-state index contributed by atoms with van der Waals surface area (Å²) in [5.74, 6) is 2.55. The molecule has 1 heterocycles. The number of aromatic nitrogens is 2. The van der Waals surface area contributed by atoms with Gasteiger partial charge in [-0.25, -0.2) is 4.98 Å². The van der Waals surface area contributed by atoms with Gasteiger partial charge in [0.05, 0.1) is 0 Å². The Balaban J connectivity index is 2.04. The molecule has 2 rings (SSSR count). The van der Waals surface area contributed by atoms with Crippen LogP contribution in [0.2, 0.25) is 0 Å². The number of aryl methyl sites for hydroxylation is 1. The minimum atomic E-state index is 0.347. The van der Waals surface area contributed by atoms with E-state index in [1.807, 2.05) is 12.4 Å². The van der Waals surface area contributed by atoms with Gasteiger partial charge in [-0.3, -0.25) is 0 Å². The monoisotopic (exact) mass is 249 g/mol. The molecular weight excluding hydrogens is 222 g/mol. The summed E-state index contributed by atoms with van der Waals surface area (Å²) in [6, 6.07) is 0.347. The molecule has 1 fully saturated rings. The van der Waals surface area contributed by atoms with Gasteiger partial charge >= 0.3 is 0 Å². The van der Waals surface area contributed by atoms with Crippen LogP contribution in [0.15, 0.2) is 12.4 Å². The first kappa shape index (κ1) is 13.6. The van der Waals surface area contributed by atoms with Crippen LogP contribution >= 0.6 is 0 Å². The van der Waals surface area contributed by atoms with E-state index in [4.69, 9.17) is 5.73 Å². The van der Waals surface area contributed by atoms with Gasteiger partial charge in [0.1, 0.15) is 5.82 Å². The number of nitrogens with two attached hydrogens (primary N) is 1. The summed E-state index contributed by atoms with van der Waals surface area (Å²) in [6.45, 7) is 7.06. The highest BCUT2D eigenvalue weighted by atomic mass is 15.0. The van der Waals surface area contributed by atoms with E-state index in [2.05, 4.69) is 37.4 Å². The fourth-order valence-electron chi connectivity index (χ4n) is 3.14. The molecule has 1 aromatic heterocycles. The highest BCUT2D eigenvalue weighted by Gasteiger charge is 2.34. The second kappa shape index (κ2) is 5.04. The molecule has 3 atom stereocenters. The average Bonchev–Trinajstić information content (AvgIpc) is 2.66. The Morgan fingerprint density at radius 2 is 2.11 bits per heavy atom. The Morgan fingerprint density at radius 1 is 1.39 bits per heavy atom. The summed E-state index contributed by atoms with van der Waals surface area (Å²) in [5.41, 5.74) is 6.72. The number of imidazole rings is 1. The fraction of sp³-hybridized carbons (Fsp3) is 0.800. The van der Waals surface area contributed by atoms with Crippen molar-refractivity contribution in [1.82, 2.24) is 9.55 Å². The topological polar surface area (TPSA) is 43.8 Å². The predicted molar refractivity (Wildman–Crippen MR) is 75.2 cm³/mol. The molecule has 18 heavy (non-hydrogen) atoms. The van der Waals surface area contributed by atoms with E-state index >= 15 is 0 Å². The van der Waals surface area contributed by atoms with Crippen LogP contribution in [0.25, 0.3) is 0 Å². The second-order valence-electron chi connectivity index (χ2n) is 6.96. The van der Waals surface area contributed by atoms with Gasteiger partial charge in [0.25, 0.3) is 0 Å². The molecule has 0 aromatic carbocycles. The van der Waals surface area contributed by atoms with E-state index in [1.54, 1.807) is 0 Å². The number of hydrogen-bond donors (Lipinski definition) is 1. The molecule has 102 valence electrons. The maximum Gasteiger partial charge on any atom is 0.108 e. The summed E-state index contributed by atoms with van der Waals surface area (Å²) in [4.78, 5) is 4.44. The SMILES string of the molecule is Cn1ccnc1CC1CC(C(C)(C)C)CCC1N. The molecule has 0 bridgehead atoms. The van der Waals surface area contributed by atoms with Crippen molar-refractivity contribution in [3.05, 3.63) is 18.2 Å². The first-order valence-electron chi connectivity index (χ1n) is 7.09. The quantitative estimate of drug-likeness (QED) is 0.876. The maximum absolute atomic E-state index is 6.31. The first-order chi connectivity index (χ1) is 8.38. The van der Waals surface area contributed by atoms with Gasteiger partial charge in [0, 0.05) is 31.9 Å². The smallest absolute Gasteiger partial charge is 0.108 e. The zero-order valence-electron chi connectivity index (χ0n) is 12.2. The molecule has 1 saturated carbocycles. The van der Waals surface area contributed by atoms with Gasteiger partial charge in [0.15, 0.2) is 0 Å². The molecule has 0 spiro atoms. The van der Waals surface area contributed by atoms with E-state index < -0.39 is 0 Å². The standard InChI is InChI=1S/C15H27N3/c1-15(2,3)12-5-6-13(16)11(9-12)10-14-17-7-8-18(14)4/h7-8,11-13H,5-6,9-10,16H2,1-4H3. The van der Waals surface area contributed by atoms with E-state index in [0.717, 1.165) is 18.8 Å². The lowest BCUT2D eigenvalue weighted by Crippen LogP contribution is -2.40. The number of rotatable bonds is 2. The van der Waals surface area contributed by atoms with Crippen LogP contribution in [0.3, 0.4) is 0 Å². The van der Waals surface area contributed by atoms with E-state index in [9.17, 15) is 0 Å². The second-order valence-corrected chi connectivity index (χ2v) is 6.96. The molecule has 1 aromatic rings. The number of nitrogens with zero attached hydrogens (tertiary/aromatic N) is 2. The average molecular weight is 249 g/mol. The Bertz CT molecular complexity index is 389. The summed E-state index contributed by atoms with van der Waals surface area (Å²) in [6.07, 6.45) is 8.61.